The zero-order valence-corrected chi connectivity index (χ0v) is 49.0. The van der Waals surface area contributed by atoms with Gasteiger partial charge in [0.25, 0.3) is 0 Å². The van der Waals surface area contributed by atoms with Crippen molar-refractivity contribution < 1.29 is 28.6 Å². The number of esters is 3. The zero-order valence-electron chi connectivity index (χ0n) is 49.0. The highest BCUT2D eigenvalue weighted by Crippen LogP contribution is 2.16. The molecule has 0 saturated heterocycles. The van der Waals surface area contributed by atoms with Crippen LogP contribution in [0.4, 0.5) is 0 Å². The highest BCUT2D eigenvalue weighted by atomic mass is 16.6. The van der Waals surface area contributed by atoms with Gasteiger partial charge >= 0.3 is 17.9 Å². The van der Waals surface area contributed by atoms with Crippen LogP contribution in [0.25, 0.3) is 0 Å². The summed E-state index contributed by atoms with van der Waals surface area (Å²) >= 11 is 0. The minimum Gasteiger partial charge on any atom is -0.462 e. The summed E-state index contributed by atoms with van der Waals surface area (Å²) in [6, 6.07) is 0. The van der Waals surface area contributed by atoms with Crippen molar-refractivity contribution in [2.24, 2.45) is 0 Å². The van der Waals surface area contributed by atoms with E-state index in [0.717, 1.165) is 103 Å². The van der Waals surface area contributed by atoms with E-state index in [1.165, 1.54) is 141 Å². The standard InChI is InChI=1S/C69H116O6/c1-4-7-10-13-16-19-22-24-26-28-30-31-32-33-34-35-36-37-38-39-40-42-43-45-47-50-53-56-59-62-68(71)74-65-66(64-73-67(70)61-58-55-52-49-21-18-15-12-9-6-3)75-69(72)63-60-57-54-51-48-46-44-41-29-27-25-23-20-17-14-11-8-5-2/h7,10,16,19,24,26,30-31,33-34,36-37,39-40,43,45,50,53,66H,4-6,8-9,11-15,17-18,20-23,25,27-29,32,35,38,41-42,44,46-49,51-52,54-65H2,1-3H3/b10-7-,19-16-,26-24-,31-30-,34-33-,37-36-,40-39-,45-43-,53-50-. The summed E-state index contributed by atoms with van der Waals surface area (Å²) in [6.45, 7) is 6.49. The molecule has 75 heavy (non-hydrogen) atoms. The maximum atomic E-state index is 12.9. The first-order chi connectivity index (χ1) is 37.0. The Kier molecular flexibility index (Phi) is 59.3. The van der Waals surface area contributed by atoms with E-state index in [0.29, 0.717) is 19.3 Å². The van der Waals surface area contributed by atoms with Gasteiger partial charge < -0.3 is 14.2 Å². The molecule has 0 spiro atoms. The number of rotatable bonds is 56. The van der Waals surface area contributed by atoms with Gasteiger partial charge in [-0.1, -0.05) is 297 Å². The van der Waals surface area contributed by atoms with Crippen molar-refractivity contribution in [3.05, 3.63) is 109 Å². The molecule has 1 atom stereocenters. The van der Waals surface area contributed by atoms with Crippen molar-refractivity contribution in [1.29, 1.82) is 0 Å². The van der Waals surface area contributed by atoms with Crippen molar-refractivity contribution >= 4 is 17.9 Å². The molecular formula is C69H116O6. The first kappa shape index (κ1) is 71.1. The molecule has 0 rings (SSSR count). The molecule has 0 heterocycles. The van der Waals surface area contributed by atoms with Crippen LogP contribution in [0.3, 0.4) is 0 Å². The lowest BCUT2D eigenvalue weighted by molar-refractivity contribution is -0.167. The predicted molar refractivity (Wildman–Crippen MR) is 325 cm³/mol. The fraction of sp³-hybridized carbons (Fsp3) is 0.696. The Hall–Kier alpha value is -3.93. The number of allylic oxidation sites excluding steroid dienone is 18. The summed E-state index contributed by atoms with van der Waals surface area (Å²) in [5.41, 5.74) is 0. The minimum absolute atomic E-state index is 0.0930. The topological polar surface area (TPSA) is 78.9 Å². The van der Waals surface area contributed by atoms with Crippen LogP contribution in [-0.4, -0.2) is 37.2 Å². The Labute approximate surface area is 463 Å². The molecule has 0 aromatic rings. The van der Waals surface area contributed by atoms with Crippen LogP contribution < -0.4 is 0 Å². The molecule has 428 valence electrons. The monoisotopic (exact) mass is 1040 g/mol. The van der Waals surface area contributed by atoms with Gasteiger partial charge in [0.1, 0.15) is 13.2 Å². The average Bonchev–Trinajstić information content (AvgIpc) is 3.41. The van der Waals surface area contributed by atoms with Crippen LogP contribution >= 0.6 is 0 Å². The van der Waals surface area contributed by atoms with Crippen molar-refractivity contribution in [1.82, 2.24) is 0 Å². The second kappa shape index (κ2) is 62.6. The second-order valence-corrected chi connectivity index (χ2v) is 20.6. The summed E-state index contributed by atoms with van der Waals surface area (Å²) < 4.78 is 16.8. The number of unbranched alkanes of at least 4 members (excludes halogenated alkanes) is 27. The number of ether oxygens (including phenoxy) is 3. The summed E-state index contributed by atoms with van der Waals surface area (Å²) in [6.07, 6.45) is 85.3. The highest BCUT2D eigenvalue weighted by molar-refractivity contribution is 5.71. The average molecular weight is 1040 g/mol. The summed E-state index contributed by atoms with van der Waals surface area (Å²) in [5, 5.41) is 0. The van der Waals surface area contributed by atoms with E-state index in [2.05, 4.69) is 130 Å². The maximum Gasteiger partial charge on any atom is 0.306 e. The first-order valence-corrected chi connectivity index (χ1v) is 31.4. The molecule has 0 aromatic heterocycles. The molecule has 0 radical (unpaired) electrons. The predicted octanol–water partition coefficient (Wildman–Crippen LogP) is 21.4. The van der Waals surface area contributed by atoms with Crippen LogP contribution in [0.15, 0.2) is 109 Å². The lowest BCUT2D eigenvalue weighted by Crippen LogP contribution is -2.30. The van der Waals surface area contributed by atoms with E-state index >= 15 is 0 Å². The molecule has 0 aliphatic heterocycles. The SMILES string of the molecule is CC/C=C\C/C=C\C/C=C\C/C=C\C/C=C\C/C=C\C/C=C\C/C=C\C/C=C\CCCC(=O)OCC(COC(=O)CCCCCCCCCCCC)OC(=O)CCCCCCCCCCCCCCCCCCCC. The molecule has 0 aliphatic rings. The summed E-state index contributed by atoms with van der Waals surface area (Å²) in [4.78, 5) is 38.1. The fourth-order valence-electron chi connectivity index (χ4n) is 8.62. The quantitative estimate of drug-likeness (QED) is 0.0261. The second-order valence-electron chi connectivity index (χ2n) is 20.6. The zero-order chi connectivity index (χ0) is 54.3. The van der Waals surface area contributed by atoms with Crippen molar-refractivity contribution in [3.8, 4) is 0 Å². The molecule has 0 N–H and O–H groups in total. The Bertz CT molecular complexity index is 1520. The first-order valence-electron chi connectivity index (χ1n) is 31.4. The smallest absolute Gasteiger partial charge is 0.306 e. The van der Waals surface area contributed by atoms with Crippen LogP contribution in [0.1, 0.15) is 290 Å². The van der Waals surface area contributed by atoms with Crippen molar-refractivity contribution in [2.45, 2.75) is 297 Å². The van der Waals surface area contributed by atoms with Crippen LogP contribution in [0.5, 0.6) is 0 Å². The van der Waals surface area contributed by atoms with Gasteiger partial charge in [0.05, 0.1) is 0 Å². The third kappa shape index (κ3) is 60.8. The van der Waals surface area contributed by atoms with E-state index in [1.54, 1.807) is 0 Å². The number of carbonyl (C=O) groups excluding carboxylic acids is 3. The van der Waals surface area contributed by atoms with E-state index in [4.69, 9.17) is 14.2 Å². The van der Waals surface area contributed by atoms with Gasteiger partial charge in [-0.2, -0.15) is 0 Å². The molecule has 6 heteroatoms. The van der Waals surface area contributed by atoms with E-state index in [9.17, 15) is 14.4 Å². The molecule has 6 nitrogen and oxygen atoms in total. The van der Waals surface area contributed by atoms with Gasteiger partial charge in [-0.3, -0.25) is 14.4 Å². The number of carbonyl (C=O) groups is 3. The Balaban J connectivity index is 4.36. The molecule has 0 saturated carbocycles. The van der Waals surface area contributed by atoms with E-state index < -0.39 is 6.10 Å². The third-order valence-electron chi connectivity index (χ3n) is 13.3. The largest absolute Gasteiger partial charge is 0.462 e. The third-order valence-corrected chi connectivity index (χ3v) is 13.3. The Morgan fingerprint density at radius 3 is 0.813 bits per heavy atom. The van der Waals surface area contributed by atoms with Crippen LogP contribution in [-0.2, 0) is 28.6 Å². The molecular weight excluding hydrogens is 925 g/mol. The van der Waals surface area contributed by atoms with Gasteiger partial charge in [0.2, 0.25) is 0 Å². The van der Waals surface area contributed by atoms with E-state index in [1.807, 2.05) is 0 Å². The normalized spacial score (nSPS) is 12.8. The van der Waals surface area contributed by atoms with Gasteiger partial charge in [0, 0.05) is 19.3 Å². The number of hydrogen-bond donors (Lipinski definition) is 0. The van der Waals surface area contributed by atoms with Crippen molar-refractivity contribution in [2.75, 3.05) is 13.2 Å². The molecule has 0 amide bonds. The van der Waals surface area contributed by atoms with Gasteiger partial charge in [0.15, 0.2) is 6.10 Å². The van der Waals surface area contributed by atoms with Crippen LogP contribution in [0, 0.1) is 0 Å². The van der Waals surface area contributed by atoms with Gasteiger partial charge in [-0.05, 0) is 83.5 Å². The lowest BCUT2D eigenvalue weighted by atomic mass is 10.0. The van der Waals surface area contributed by atoms with E-state index in [-0.39, 0.29) is 37.5 Å². The number of hydrogen-bond acceptors (Lipinski definition) is 6. The molecule has 0 fully saturated rings. The summed E-state index contributed by atoms with van der Waals surface area (Å²) in [7, 11) is 0. The molecule has 0 aromatic carbocycles. The highest BCUT2D eigenvalue weighted by Gasteiger charge is 2.19. The lowest BCUT2D eigenvalue weighted by Gasteiger charge is -2.18. The van der Waals surface area contributed by atoms with Gasteiger partial charge in [-0.25, -0.2) is 0 Å². The molecule has 0 aliphatic carbocycles. The van der Waals surface area contributed by atoms with Crippen LogP contribution in [0.2, 0.25) is 0 Å². The fourth-order valence-corrected chi connectivity index (χ4v) is 8.62. The molecule has 0 bridgehead atoms. The van der Waals surface area contributed by atoms with Crippen molar-refractivity contribution in [3.63, 3.8) is 0 Å². The van der Waals surface area contributed by atoms with Gasteiger partial charge in [-0.15, -0.1) is 0 Å². The molecule has 1 unspecified atom stereocenters. The Morgan fingerprint density at radius 1 is 0.280 bits per heavy atom. The Morgan fingerprint density at radius 2 is 0.520 bits per heavy atom. The minimum atomic E-state index is -0.799. The summed E-state index contributed by atoms with van der Waals surface area (Å²) in [5.74, 6) is -0.949. The maximum absolute atomic E-state index is 12.9.